The molecule has 0 unspecified atom stereocenters. The van der Waals surface area contributed by atoms with Crippen LogP contribution < -0.4 is 0 Å². The molecule has 0 saturated carbocycles. The van der Waals surface area contributed by atoms with E-state index < -0.39 is 0 Å². The minimum absolute atomic E-state index is 0.0220. The van der Waals surface area contributed by atoms with Gasteiger partial charge in [-0.15, -0.1) is 0 Å². The van der Waals surface area contributed by atoms with Crippen molar-refractivity contribution >= 4 is 11.0 Å². The Morgan fingerprint density at radius 2 is 2.05 bits per heavy atom. The quantitative estimate of drug-likeness (QED) is 0.717. The molecule has 0 aliphatic heterocycles. The number of hydrogen-bond acceptors (Lipinski definition) is 4. The molecular weight excluding hydrogens is 242 g/mol. The summed E-state index contributed by atoms with van der Waals surface area (Å²) < 4.78 is 0. The Kier molecular flexibility index (Phi) is 4.52. The maximum atomic E-state index is 9.12. The Morgan fingerprint density at radius 1 is 1.32 bits per heavy atom. The van der Waals surface area contributed by atoms with Crippen molar-refractivity contribution in [2.24, 2.45) is 0 Å². The molecule has 3 N–H and O–H groups in total. The molecule has 1 aromatic carbocycles. The fourth-order valence-corrected chi connectivity index (χ4v) is 2.16. The van der Waals surface area contributed by atoms with Crippen molar-refractivity contribution in [3.05, 3.63) is 29.6 Å². The topological polar surface area (TPSA) is 72.4 Å². The molecule has 1 heterocycles. The third-order valence-electron chi connectivity index (χ3n) is 3.46. The van der Waals surface area contributed by atoms with Gasteiger partial charge < -0.3 is 15.2 Å². The van der Waals surface area contributed by atoms with E-state index in [0.717, 1.165) is 29.8 Å². The van der Waals surface area contributed by atoms with Crippen molar-refractivity contribution in [2.45, 2.75) is 19.4 Å². The van der Waals surface area contributed by atoms with Crippen molar-refractivity contribution < 1.29 is 10.2 Å². The fourth-order valence-electron chi connectivity index (χ4n) is 2.16. The molecule has 0 saturated heterocycles. The summed E-state index contributed by atoms with van der Waals surface area (Å²) in [5.41, 5.74) is 3.26. The molecule has 1 aromatic heterocycles. The van der Waals surface area contributed by atoms with Gasteiger partial charge in [0.05, 0.1) is 30.3 Å². The molecule has 5 nitrogen and oxygen atoms in total. The molecule has 0 fully saturated rings. The number of benzene rings is 1. The number of imidazole rings is 1. The number of fused-ring (bicyclic) bond motifs is 1. The van der Waals surface area contributed by atoms with Crippen LogP contribution >= 0.6 is 0 Å². The predicted octanol–water partition coefficient (Wildman–Crippen LogP) is 0.699. The number of hydrogen-bond donors (Lipinski definition) is 3. The molecule has 19 heavy (non-hydrogen) atoms. The van der Waals surface area contributed by atoms with E-state index in [0.29, 0.717) is 0 Å². The molecule has 0 amide bonds. The second kappa shape index (κ2) is 6.14. The van der Waals surface area contributed by atoms with Gasteiger partial charge in [-0.25, -0.2) is 4.98 Å². The highest BCUT2D eigenvalue weighted by Gasteiger charge is 2.12. The first-order valence-corrected chi connectivity index (χ1v) is 6.51. The van der Waals surface area contributed by atoms with Crippen LogP contribution in [0.3, 0.4) is 0 Å². The lowest BCUT2D eigenvalue weighted by atomic mass is 10.1. The third-order valence-corrected chi connectivity index (χ3v) is 3.46. The minimum atomic E-state index is -0.182. The zero-order valence-electron chi connectivity index (χ0n) is 11.4. The molecule has 104 valence electrons. The van der Waals surface area contributed by atoms with Gasteiger partial charge in [0.15, 0.2) is 0 Å². The van der Waals surface area contributed by atoms with E-state index in [-0.39, 0.29) is 19.3 Å². The van der Waals surface area contributed by atoms with Crippen molar-refractivity contribution in [3.8, 4) is 0 Å². The molecule has 0 spiro atoms. The maximum absolute atomic E-state index is 9.12. The largest absolute Gasteiger partial charge is 0.395 e. The maximum Gasteiger partial charge on any atom is 0.104 e. The van der Waals surface area contributed by atoms with Crippen LogP contribution in [0.5, 0.6) is 0 Å². The van der Waals surface area contributed by atoms with Crippen LogP contribution in [-0.2, 0) is 6.42 Å². The Morgan fingerprint density at radius 3 is 2.74 bits per heavy atom. The third kappa shape index (κ3) is 3.32. The average molecular weight is 263 g/mol. The number of nitrogens with one attached hydrogen (secondary N) is 1. The standard InChI is InChI=1S/C14H21N3O2/c1-10-15-13-4-3-11(7-14(13)16-10)5-6-17(2)12(8-18)9-19/h3-4,7,12,18-19H,5-6,8-9H2,1-2H3,(H,15,16). The average Bonchev–Trinajstić information content (AvgIpc) is 2.77. The number of H-pyrrole nitrogens is 1. The summed E-state index contributed by atoms with van der Waals surface area (Å²) in [7, 11) is 1.91. The van der Waals surface area contributed by atoms with E-state index in [4.69, 9.17) is 10.2 Å². The molecular formula is C14H21N3O2. The van der Waals surface area contributed by atoms with Crippen molar-refractivity contribution in [1.29, 1.82) is 0 Å². The van der Waals surface area contributed by atoms with Crippen molar-refractivity contribution in [1.82, 2.24) is 14.9 Å². The Hall–Kier alpha value is -1.43. The zero-order chi connectivity index (χ0) is 13.8. The lowest BCUT2D eigenvalue weighted by Crippen LogP contribution is -2.38. The highest BCUT2D eigenvalue weighted by molar-refractivity contribution is 5.75. The predicted molar refractivity (Wildman–Crippen MR) is 75.1 cm³/mol. The number of aliphatic hydroxyl groups is 2. The number of aromatic nitrogens is 2. The van der Waals surface area contributed by atoms with E-state index in [1.807, 2.05) is 24.9 Å². The Bertz CT molecular complexity index is 534. The van der Waals surface area contributed by atoms with Gasteiger partial charge in [-0.3, -0.25) is 4.90 Å². The van der Waals surface area contributed by atoms with Crippen LogP contribution in [0.4, 0.5) is 0 Å². The molecule has 2 rings (SSSR count). The first-order chi connectivity index (χ1) is 9.13. The zero-order valence-corrected chi connectivity index (χ0v) is 11.4. The highest BCUT2D eigenvalue weighted by atomic mass is 16.3. The minimum Gasteiger partial charge on any atom is -0.395 e. The highest BCUT2D eigenvalue weighted by Crippen LogP contribution is 2.14. The summed E-state index contributed by atoms with van der Waals surface area (Å²) in [6.45, 7) is 2.70. The number of aryl methyl sites for hydroxylation is 1. The second-order valence-electron chi connectivity index (χ2n) is 4.92. The van der Waals surface area contributed by atoms with Gasteiger partial charge >= 0.3 is 0 Å². The van der Waals surface area contributed by atoms with E-state index in [1.165, 1.54) is 5.56 Å². The fraction of sp³-hybridized carbons (Fsp3) is 0.500. The lowest BCUT2D eigenvalue weighted by Gasteiger charge is -2.24. The van der Waals surface area contributed by atoms with Gasteiger partial charge in [-0.05, 0) is 38.1 Å². The number of likely N-dealkylation sites (N-methyl/N-ethyl adjacent to an activating group) is 1. The number of rotatable bonds is 6. The van der Waals surface area contributed by atoms with Crippen LogP contribution in [0.1, 0.15) is 11.4 Å². The molecule has 5 heteroatoms. The molecule has 0 radical (unpaired) electrons. The number of aliphatic hydroxyl groups excluding tert-OH is 2. The first kappa shape index (κ1) is 14.0. The molecule has 0 bridgehead atoms. The van der Waals surface area contributed by atoms with E-state index >= 15 is 0 Å². The van der Waals surface area contributed by atoms with Crippen LogP contribution in [0, 0.1) is 6.92 Å². The molecule has 0 aliphatic carbocycles. The van der Waals surface area contributed by atoms with Crippen LogP contribution in [0.2, 0.25) is 0 Å². The molecule has 0 atom stereocenters. The summed E-state index contributed by atoms with van der Waals surface area (Å²) in [5.74, 6) is 0.921. The van der Waals surface area contributed by atoms with E-state index in [2.05, 4.69) is 22.1 Å². The normalized spacial score (nSPS) is 11.9. The molecule has 0 aliphatic rings. The number of aromatic amines is 1. The second-order valence-corrected chi connectivity index (χ2v) is 4.92. The van der Waals surface area contributed by atoms with Gasteiger partial charge in [-0.1, -0.05) is 6.07 Å². The molecule has 2 aromatic rings. The van der Waals surface area contributed by atoms with Crippen LogP contribution in [0.15, 0.2) is 18.2 Å². The van der Waals surface area contributed by atoms with Gasteiger partial charge in [0.2, 0.25) is 0 Å². The summed E-state index contributed by atoms with van der Waals surface area (Å²) in [6.07, 6.45) is 0.876. The lowest BCUT2D eigenvalue weighted by molar-refractivity contribution is 0.0925. The van der Waals surface area contributed by atoms with E-state index in [1.54, 1.807) is 0 Å². The van der Waals surface area contributed by atoms with Gasteiger partial charge in [0.1, 0.15) is 5.82 Å². The Labute approximate surface area is 112 Å². The Balaban J connectivity index is 2.01. The van der Waals surface area contributed by atoms with E-state index in [9.17, 15) is 0 Å². The van der Waals surface area contributed by atoms with Crippen LogP contribution in [0.25, 0.3) is 11.0 Å². The van der Waals surface area contributed by atoms with Gasteiger partial charge in [0, 0.05) is 6.54 Å². The first-order valence-electron chi connectivity index (χ1n) is 6.51. The van der Waals surface area contributed by atoms with Crippen molar-refractivity contribution in [3.63, 3.8) is 0 Å². The van der Waals surface area contributed by atoms with Gasteiger partial charge in [-0.2, -0.15) is 0 Å². The summed E-state index contributed by atoms with van der Waals surface area (Å²) >= 11 is 0. The monoisotopic (exact) mass is 263 g/mol. The van der Waals surface area contributed by atoms with Gasteiger partial charge in [0.25, 0.3) is 0 Å². The summed E-state index contributed by atoms with van der Waals surface area (Å²) in [4.78, 5) is 9.57. The SMILES string of the molecule is Cc1nc2ccc(CCN(C)C(CO)CO)cc2[nH]1. The number of nitrogens with zero attached hydrogens (tertiary/aromatic N) is 2. The van der Waals surface area contributed by atoms with Crippen molar-refractivity contribution in [2.75, 3.05) is 26.8 Å². The summed E-state index contributed by atoms with van der Waals surface area (Å²) in [5, 5.41) is 18.2. The summed E-state index contributed by atoms with van der Waals surface area (Å²) in [6, 6.07) is 6.02. The van der Waals surface area contributed by atoms with Crippen LogP contribution in [-0.4, -0.2) is 57.9 Å². The smallest absolute Gasteiger partial charge is 0.104 e.